The largest absolute Gasteiger partial charge is 0.456 e. The van der Waals surface area contributed by atoms with E-state index in [0.29, 0.717) is 21.5 Å². The third-order valence-corrected chi connectivity index (χ3v) is 4.13. The minimum Gasteiger partial charge on any atom is -0.456 e. The van der Waals surface area contributed by atoms with Crippen molar-refractivity contribution in [2.75, 3.05) is 0 Å². The molecule has 0 amide bonds. The summed E-state index contributed by atoms with van der Waals surface area (Å²) in [6, 6.07) is 9.73. The topological polar surface area (TPSA) is 45.9 Å². The second kappa shape index (κ2) is 5.56. The lowest BCUT2D eigenvalue weighted by Crippen LogP contribution is -2.03. The molecule has 0 saturated carbocycles. The Morgan fingerprint density at radius 2 is 1.83 bits per heavy atom. The third-order valence-electron chi connectivity index (χ3n) is 3.14. The molecule has 2 aromatic carbocycles. The van der Waals surface area contributed by atoms with Gasteiger partial charge in [0.2, 0.25) is 0 Å². The summed E-state index contributed by atoms with van der Waals surface area (Å²) in [6.45, 7) is 1.81. The first-order valence-electron chi connectivity index (χ1n) is 6.54. The maximum Gasteiger partial charge on any atom is 0.416 e. The van der Waals surface area contributed by atoms with E-state index in [1.807, 2.05) is 6.92 Å². The molecule has 0 bridgehead atoms. The lowest BCUT2D eigenvalue weighted by atomic mass is 10.2. The van der Waals surface area contributed by atoms with Gasteiger partial charge in [0.1, 0.15) is 23.1 Å². The molecule has 0 N–H and O–H groups in total. The van der Waals surface area contributed by atoms with Gasteiger partial charge in [0.25, 0.3) is 0 Å². The zero-order valence-electron chi connectivity index (χ0n) is 11.8. The molecule has 23 heavy (non-hydrogen) atoms. The first-order chi connectivity index (χ1) is 10.9. The van der Waals surface area contributed by atoms with Crippen molar-refractivity contribution in [1.82, 2.24) is 4.98 Å². The van der Waals surface area contributed by atoms with Crippen LogP contribution in [0.3, 0.4) is 0 Å². The Bertz CT molecular complexity index is 908. The standard InChI is InChI=1S/C16H9F3N2OS/c1-9-21-14-10(8-20)2-7-13(15(14)23-9)22-12-5-3-11(4-6-12)16(17,18)19/h2-7H,1H3. The normalized spacial score (nSPS) is 11.4. The summed E-state index contributed by atoms with van der Waals surface area (Å²) < 4.78 is 44.1. The quantitative estimate of drug-likeness (QED) is 0.640. The average molecular weight is 334 g/mol. The van der Waals surface area contributed by atoms with Crippen LogP contribution < -0.4 is 4.74 Å². The first-order valence-corrected chi connectivity index (χ1v) is 7.35. The third kappa shape index (κ3) is 2.98. The number of benzene rings is 2. The molecular formula is C16H9F3N2OS. The van der Waals surface area contributed by atoms with E-state index in [4.69, 9.17) is 10.00 Å². The summed E-state index contributed by atoms with van der Waals surface area (Å²) in [6.07, 6.45) is -4.38. The minimum absolute atomic E-state index is 0.287. The Morgan fingerprint density at radius 1 is 1.13 bits per heavy atom. The molecule has 3 aromatic rings. The molecule has 0 atom stereocenters. The number of thiazole rings is 1. The van der Waals surface area contributed by atoms with Crippen molar-refractivity contribution in [2.45, 2.75) is 13.1 Å². The highest BCUT2D eigenvalue weighted by atomic mass is 32.1. The predicted octanol–water partition coefficient (Wildman–Crippen LogP) is 5.29. The Morgan fingerprint density at radius 3 is 2.43 bits per heavy atom. The highest BCUT2D eigenvalue weighted by Gasteiger charge is 2.30. The fourth-order valence-corrected chi connectivity index (χ4v) is 2.99. The van der Waals surface area contributed by atoms with E-state index in [1.54, 1.807) is 12.1 Å². The van der Waals surface area contributed by atoms with E-state index in [2.05, 4.69) is 11.1 Å². The van der Waals surface area contributed by atoms with Crippen molar-refractivity contribution >= 4 is 21.6 Å². The number of rotatable bonds is 2. The first kappa shape index (κ1) is 15.3. The fraction of sp³-hybridized carbons (Fsp3) is 0.125. The second-order valence-corrected chi connectivity index (χ2v) is 5.96. The Kier molecular flexibility index (Phi) is 3.70. The number of aryl methyl sites for hydroxylation is 1. The number of fused-ring (bicyclic) bond motifs is 1. The van der Waals surface area contributed by atoms with E-state index in [-0.39, 0.29) is 5.75 Å². The van der Waals surface area contributed by atoms with E-state index in [9.17, 15) is 13.2 Å². The summed E-state index contributed by atoms with van der Waals surface area (Å²) in [5, 5.41) is 9.88. The molecule has 0 fully saturated rings. The van der Waals surface area contributed by atoms with Gasteiger partial charge in [-0.2, -0.15) is 18.4 Å². The van der Waals surface area contributed by atoms with Crippen molar-refractivity contribution in [2.24, 2.45) is 0 Å². The van der Waals surface area contributed by atoms with E-state index < -0.39 is 11.7 Å². The molecule has 1 heterocycles. The number of alkyl halides is 3. The number of hydrogen-bond donors (Lipinski definition) is 0. The number of nitriles is 1. The maximum absolute atomic E-state index is 12.6. The lowest BCUT2D eigenvalue weighted by molar-refractivity contribution is -0.137. The van der Waals surface area contributed by atoms with E-state index in [0.717, 1.165) is 17.1 Å². The van der Waals surface area contributed by atoms with Gasteiger partial charge in [-0.05, 0) is 43.3 Å². The van der Waals surface area contributed by atoms with Gasteiger partial charge >= 0.3 is 6.18 Å². The SMILES string of the molecule is Cc1nc2c(C#N)ccc(Oc3ccc(C(F)(F)F)cc3)c2s1. The molecule has 0 radical (unpaired) electrons. The molecule has 0 aliphatic heterocycles. The molecule has 0 spiro atoms. The van der Waals surface area contributed by atoms with Gasteiger partial charge in [0, 0.05) is 0 Å². The van der Waals surface area contributed by atoms with Crippen molar-refractivity contribution in [3.8, 4) is 17.6 Å². The van der Waals surface area contributed by atoms with E-state index >= 15 is 0 Å². The summed E-state index contributed by atoms with van der Waals surface area (Å²) >= 11 is 1.37. The average Bonchev–Trinajstić information content (AvgIpc) is 2.89. The van der Waals surface area contributed by atoms with Crippen LogP contribution in [0.2, 0.25) is 0 Å². The minimum atomic E-state index is -4.38. The Hall–Kier alpha value is -2.59. The monoisotopic (exact) mass is 334 g/mol. The summed E-state index contributed by atoms with van der Waals surface area (Å²) in [4.78, 5) is 4.30. The highest BCUT2D eigenvalue weighted by Crippen LogP contribution is 2.36. The van der Waals surface area contributed by atoms with Gasteiger partial charge in [-0.25, -0.2) is 4.98 Å². The van der Waals surface area contributed by atoms with Crippen LogP contribution >= 0.6 is 11.3 Å². The van der Waals surface area contributed by atoms with Gasteiger partial charge < -0.3 is 4.74 Å². The Labute approximate surface area is 133 Å². The van der Waals surface area contributed by atoms with Crippen LogP contribution in [0.5, 0.6) is 11.5 Å². The number of nitrogens with zero attached hydrogens (tertiary/aromatic N) is 2. The summed E-state index contributed by atoms with van der Waals surface area (Å²) in [7, 11) is 0. The fourth-order valence-electron chi connectivity index (χ4n) is 2.10. The smallest absolute Gasteiger partial charge is 0.416 e. The molecule has 7 heteroatoms. The number of ether oxygens (including phenoxy) is 1. The van der Waals surface area contributed by atoms with Crippen LogP contribution in [-0.2, 0) is 6.18 Å². The molecular weight excluding hydrogens is 325 g/mol. The lowest BCUT2D eigenvalue weighted by Gasteiger charge is -2.09. The molecule has 0 saturated heterocycles. The van der Waals surface area contributed by atoms with Crippen molar-refractivity contribution in [3.05, 3.63) is 52.5 Å². The van der Waals surface area contributed by atoms with Crippen LogP contribution in [0.4, 0.5) is 13.2 Å². The number of halogens is 3. The van der Waals surface area contributed by atoms with Crippen LogP contribution in [-0.4, -0.2) is 4.98 Å². The van der Waals surface area contributed by atoms with Gasteiger partial charge in [-0.3, -0.25) is 0 Å². The molecule has 1 aromatic heterocycles. The molecule has 116 valence electrons. The second-order valence-electron chi connectivity index (χ2n) is 4.76. The zero-order valence-corrected chi connectivity index (χ0v) is 12.6. The Balaban J connectivity index is 1.98. The van der Waals surface area contributed by atoms with Crippen LogP contribution in [0.25, 0.3) is 10.2 Å². The molecule has 3 rings (SSSR count). The zero-order chi connectivity index (χ0) is 16.6. The van der Waals surface area contributed by atoms with Crippen molar-refractivity contribution < 1.29 is 17.9 Å². The molecule has 0 unspecified atom stereocenters. The molecule has 0 aliphatic carbocycles. The van der Waals surface area contributed by atoms with E-state index in [1.165, 1.54) is 23.5 Å². The molecule has 3 nitrogen and oxygen atoms in total. The van der Waals surface area contributed by atoms with Crippen LogP contribution in [0.1, 0.15) is 16.1 Å². The van der Waals surface area contributed by atoms with Gasteiger partial charge in [-0.15, -0.1) is 11.3 Å². The number of hydrogen-bond acceptors (Lipinski definition) is 4. The number of aromatic nitrogens is 1. The van der Waals surface area contributed by atoms with Gasteiger partial charge in [0.15, 0.2) is 0 Å². The maximum atomic E-state index is 12.6. The highest BCUT2D eigenvalue weighted by molar-refractivity contribution is 7.18. The predicted molar refractivity (Wildman–Crippen MR) is 80.6 cm³/mol. The van der Waals surface area contributed by atoms with Gasteiger partial charge in [-0.1, -0.05) is 0 Å². The van der Waals surface area contributed by atoms with Crippen molar-refractivity contribution in [3.63, 3.8) is 0 Å². The van der Waals surface area contributed by atoms with Gasteiger partial charge in [0.05, 0.1) is 20.8 Å². The van der Waals surface area contributed by atoms with Crippen LogP contribution in [0.15, 0.2) is 36.4 Å². The summed E-state index contributed by atoms with van der Waals surface area (Å²) in [5.74, 6) is 0.749. The van der Waals surface area contributed by atoms with Crippen LogP contribution in [0, 0.1) is 18.3 Å². The molecule has 0 aliphatic rings. The van der Waals surface area contributed by atoms with Crippen molar-refractivity contribution in [1.29, 1.82) is 5.26 Å². The summed E-state index contributed by atoms with van der Waals surface area (Å²) in [5.41, 5.74) is 0.243.